The van der Waals surface area contributed by atoms with E-state index in [2.05, 4.69) is 9.97 Å². The number of hydrogen-bond donors (Lipinski definition) is 3. The second-order valence-electron chi connectivity index (χ2n) is 5.97. The molecule has 0 bridgehead atoms. The molecule has 1 aliphatic heterocycles. The van der Waals surface area contributed by atoms with Crippen molar-refractivity contribution in [3.8, 4) is 11.1 Å². The first-order valence-corrected chi connectivity index (χ1v) is 9.65. The maximum atomic E-state index is 12.6. The zero-order valence-electron chi connectivity index (χ0n) is 14.9. The van der Waals surface area contributed by atoms with Crippen LogP contribution in [0.4, 0.5) is 24.9 Å². The smallest absolute Gasteiger partial charge is 0.475 e. The standard InChI is InChI=1S/C14H17N5O2S.C2HF3O2/c15-13-12(9-17-14(16)18-13)10-4-3-5-11(8-10)22(20,21)19-6-1-2-7-19;3-2(4,5)1(6)7/h3-5,8-9H,1-2,6-7H2,(H4,15,16,17,18);(H,6,7). The number of halogens is 3. The lowest BCUT2D eigenvalue weighted by Crippen LogP contribution is -2.27. The number of alkyl halides is 3. The average Bonchev–Trinajstić information content (AvgIpc) is 3.17. The van der Waals surface area contributed by atoms with Crippen molar-refractivity contribution >= 4 is 27.8 Å². The molecule has 0 amide bonds. The molecule has 9 nitrogen and oxygen atoms in total. The molecule has 29 heavy (non-hydrogen) atoms. The molecule has 1 saturated heterocycles. The van der Waals surface area contributed by atoms with Crippen molar-refractivity contribution in [2.75, 3.05) is 24.6 Å². The summed E-state index contributed by atoms with van der Waals surface area (Å²) in [6, 6.07) is 6.65. The first-order valence-electron chi connectivity index (χ1n) is 8.21. The molecule has 0 saturated carbocycles. The van der Waals surface area contributed by atoms with E-state index in [0.29, 0.717) is 24.2 Å². The Hall–Kier alpha value is -2.93. The molecule has 0 spiro atoms. The molecule has 1 aliphatic rings. The Morgan fingerprint density at radius 3 is 2.28 bits per heavy atom. The number of anilines is 2. The normalized spacial score (nSPS) is 14.9. The van der Waals surface area contributed by atoms with E-state index in [1.54, 1.807) is 24.3 Å². The lowest BCUT2D eigenvalue weighted by atomic mass is 10.1. The van der Waals surface area contributed by atoms with Crippen LogP contribution in [0, 0.1) is 0 Å². The van der Waals surface area contributed by atoms with Gasteiger partial charge in [0.1, 0.15) is 5.82 Å². The van der Waals surface area contributed by atoms with Gasteiger partial charge in [0.2, 0.25) is 16.0 Å². The number of aliphatic carboxylic acids is 1. The summed E-state index contributed by atoms with van der Waals surface area (Å²) >= 11 is 0. The summed E-state index contributed by atoms with van der Waals surface area (Å²) in [4.78, 5) is 17.0. The molecule has 0 radical (unpaired) electrons. The fourth-order valence-electron chi connectivity index (χ4n) is 2.53. The van der Waals surface area contributed by atoms with Crippen LogP contribution in [0.2, 0.25) is 0 Å². The minimum absolute atomic E-state index is 0.0853. The Labute approximate surface area is 164 Å². The van der Waals surface area contributed by atoms with Crippen molar-refractivity contribution in [3.05, 3.63) is 30.5 Å². The van der Waals surface area contributed by atoms with Crippen LogP contribution < -0.4 is 11.5 Å². The van der Waals surface area contributed by atoms with E-state index in [1.165, 1.54) is 10.5 Å². The highest BCUT2D eigenvalue weighted by molar-refractivity contribution is 7.89. The van der Waals surface area contributed by atoms with Gasteiger partial charge in [0.25, 0.3) is 0 Å². The molecule has 0 aliphatic carbocycles. The number of carboxylic acids is 1. The fourth-order valence-corrected chi connectivity index (χ4v) is 4.10. The topological polar surface area (TPSA) is 152 Å². The van der Waals surface area contributed by atoms with Crippen LogP contribution >= 0.6 is 0 Å². The van der Waals surface area contributed by atoms with Gasteiger partial charge in [-0.3, -0.25) is 0 Å². The average molecular weight is 433 g/mol. The number of hydrogen-bond acceptors (Lipinski definition) is 7. The maximum absolute atomic E-state index is 12.6. The van der Waals surface area contributed by atoms with E-state index >= 15 is 0 Å². The fraction of sp³-hybridized carbons (Fsp3) is 0.312. The van der Waals surface area contributed by atoms with Crippen LogP contribution in [-0.2, 0) is 14.8 Å². The van der Waals surface area contributed by atoms with Crippen LogP contribution in [0.25, 0.3) is 11.1 Å². The molecule has 1 aromatic heterocycles. The van der Waals surface area contributed by atoms with Crippen molar-refractivity contribution in [2.45, 2.75) is 23.9 Å². The van der Waals surface area contributed by atoms with Crippen molar-refractivity contribution in [1.29, 1.82) is 0 Å². The SMILES string of the molecule is Nc1ncc(-c2cccc(S(=O)(=O)N3CCCC3)c2)c(N)n1.O=C(O)C(F)(F)F. The highest BCUT2D eigenvalue weighted by Crippen LogP contribution is 2.28. The van der Waals surface area contributed by atoms with Gasteiger partial charge in [-0.2, -0.15) is 22.5 Å². The second kappa shape index (κ2) is 8.61. The summed E-state index contributed by atoms with van der Waals surface area (Å²) in [5.41, 5.74) is 12.5. The van der Waals surface area contributed by atoms with Gasteiger partial charge in [-0.1, -0.05) is 12.1 Å². The number of nitrogens with zero attached hydrogens (tertiary/aromatic N) is 3. The van der Waals surface area contributed by atoms with Crippen molar-refractivity contribution in [1.82, 2.24) is 14.3 Å². The van der Waals surface area contributed by atoms with E-state index in [1.807, 2.05) is 0 Å². The molecular formula is C16H18F3N5O4S. The van der Waals surface area contributed by atoms with Crippen LogP contribution in [0.15, 0.2) is 35.4 Å². The molecular weight excluding hydrogens is 415 g/mol. The third-order valence-electron chi connectivity index (χ3n) is 3.93. The van der Waals surface area contributed by atoms with E-state index in [-0.39, 0.29) is 16.7 Å². The third-order valence-corrected chi connectivity index (χ3v) is 5.82. The predicted molar refractivity (Wildman–Crippen MR) is 98.0 cm³/mol. The van der Waals surface area contributed by atoms with Crippen molar-refractivity contribution in [2.24, 2.45) is 0 Å². The van der Waals surface area contributed by atoms with E-state index in [0.717, 1.165) is 12.8 Å². The molecule has 3 rings (SSSR count). The molecule has 13 heteroatoms. The van der Waals surface area contributed by atoms with Gasteiger partial charge < -0.3 is 16.6 Å². The quantitative estimate of drug-likeness (QED) is 0.662. The number of sulfonamides is 1. The number of nitrogens with two attached hydrogens (primary N) is 2. The maximum Gasteiger partial charge on any atom is 0.490 e. The van der Waals surface area contributed by atoms with Gasteiger partial charge >= 0.3 is 12.1 Å². The third kappa shape index (κ3) is 5.54. The summed E-state index contributed by atoms with van der Waals surface area (Å²) in [6.45, 7) is 1.14. The van der Waals surface area contributed by atoms with Gasteiger partial charge in [-0.15, -0.1) is 0 Å². The molecule has 0 atom stereocenters. The Morgan fingerprint density at radius 2 is 1.76 bits per heavy atom. The second-order valence-corrected chi connectivity index (χ2v) is 7.91. The number of aromatic nitrogens is 2. The zero-order chi connectivity index (χ0) is 21.8. The molecule has 2 aromatic rings. The zero-order valence-corrected chi connectivity index (χ0v) is 15.7. The Bertz CT molecular complexity index is 992. The van der Waals surface area contributed by atoms with Crippen LogP contribution in [-0.4, -0.2) is 53.0 Å². The monoisotopic (exact) mass is 433 g/mol. The van der Waals surface area contributed by atoms with E-state index in [9.17, 15) is 21.6 Å². The van der Waals surface area contributed by atoms with Crippen molar-refractivity contribution in [3.63, 3.8) is 0 Å². The van der Waals surface area contributed by atoms with Gasteiger partial charge in [0.05, 0.1) is 4.90 Å². The number of nitrogen functional groups attached to an aromatic ring is 2. The first kappa shape index (κ1) is 22.4. The summed E-state index contributed by atoms with van der Waals surface area (Å²) in [6.07, 6.45) is -1.78. The number of carboxylic acid groups (broad SMARTS) is 1. The highest BCUT2D eigenvalue weighted by atomic mass is 32.2. The van der Waals surface area contributed by atoms with Crippen LogP contribution in [0.3, 0.4) is 0 Å². The predicted octanol–water partition coefficient (Wildman–Crippen LogP) is 1.73. The first-order chi connectivity index (χ1) is 13.4. The molecule has 2 heterocycles. The summed E-state index contributed by atoms with van der Waals surface area (Å²) in [5.74, 6) is -2.45. The van der Waals surface area contributed by atoms with Gasteiger partial charge in [-0.25, -0.2) is 18.2 Å². The van der Waals surface area contributed by atoms with Crippen LogP contribution in [0.5, 0.6) is 0 Å². The van der Waals surface area contributed by atoms with Gasteiger partial charge in [-0.05, 0) is 30.5 Å². The summed E-state index contributed by atoms with van der Waals surface area (Å²) < 4.78 is 58.4. The molecule has 0 unspecified atom stereocenters. The minimum Gasteiger partial charge on any atom is -0.475 e. The Kier molecular flexibility index (Phi) is 6.64. The number of rotatable bonds is 3. The van der Waals surface area contributed by atoms with E-state index in [4.69, 9.17) is 21.4 Å². The van der Waals surface area contributed by atoms with E-state index < -0.39 is 22.2 Å². The molecule has 158 valence electrons. The van der Waals surface area contributed by atoms with Gasteiger partial charge in [0.15, 0.2) is 0 Å². The lowest BCUT2D eigenvalue weighted by Gasteiger charge is -2.16. The Morgan fingerprint density at radius 1 is 1.17 bits per heavy atom. The number of benzene rings is 1. The summed E-state index contributed by atoms with van der Waals surface area (Å²) in [5, 5.41) is 7.12. The molecule has 5 N–H and O–H groups in total. The van der Waals surface area contributed by atoms with Gasteiger partial charge in [0, 0.05) is 24.8 Å². The summed E-state index contributed by atoms with van der Waals surface area (Å²) in [7, 11) is -3.46. The molecule has 1 aromatic carbocycles. The highest BCUT2D eigenvalue weighted by Gasteiger charge is 2.38. The Balaban J connectivity index is 0.000000370. The number of carbonyl (C=O) groups is 1. The van der Waals surface area contributed by atoms with Crippen molar-refractivity contribution < 1.29 is 31.5 Å². The molecule has 1 fully saturated rings. The largest absolute Gasteiger partial charge is 0.490 e. The lowest BCUT2D eigenvalue weighted by molar-refractivity contribution is -0.192. The van der Waals surface area contributed by atoms with Crippen LogP contribution in [0.1, 0.15) is 12.8 Å². The minimum atomic E-state index is -5.08.